The maximum absolute atomic E-state index is 12.9. The lowest BCUT2D eigenvalue weighted by molar-refractivity contribution is -0.146. The van der Waals surface area contributed by atoms with E-state index >= 15 is 0 Å². The summed E-state index contributed by atoms with van der Waals surface area (Å²) < 4.78 is 5.31. The largest absolute Gasteiger partial charge is 0.462 e. The third-order valence-electron chi connectivity index (χ3n) is 5.19. The van der Waals surface area contributed by atoms with Crippen LogP contribution in [0.4, 0.5) is 0 Å². The maximum Gasteiger partial charge on any atom is 0.339 e. The summed E-state index contributed by atoms with van der Waals surface area (Å²) in [7, 11) is 0. The highest BCUT2D eigenvalue weighted by Crippen LogP contribution is 2.51. The van der Waals surface area contributed by atoms with Gasteiger partial charge in [-0.1, -0.05) is 54.6 Å². The number of ether oxygens (including phenoxy) is 1. The van der Waals surface area contributed by atoms with Crippen LogP contribution in [0.25, 0.3) is 0 Å². The third kappa shape index (κ3) is 2.34. The molecule has 4 rings (SSSR count). The molecule has 0 bridgehead atoms. The molecule has 2 aliphatic rings. The van der Waals surface area contributed by atoms with E-state index in [-0.39, 0.29) is 29.0 Å². The van der Waals surface area contributed by atoms with Gasteiger partial charge in [-0.25, -0.2) is 4.79 Å². The Bertz CT molecular complexity index is 968. The van der Waals surface area contributed by atoms with Gasteiger partial charge in [0.1, 0.15) is 5.57 Å². The van der Waals surface area contributed by atoms with Crippen LogP contribution < -0.4 is 5.32 Å². The van der Waals surface area contributed by atoms with Gasteiger partial charge in [-0.2, -0.15) is 0 Å². The molecule has 1 aliphatic heterocycles. The van der Waals surface area contributed by atoms with Crippen molar-refractivity contribution in [2.45, 2.75) is 24.7 Å². The number of aliphatic hydroxyl groups is 2. The van der Waals surface area contributed by atoms with Gasteiger partial charge in [0.15, 0.2) is 0 Å². The van der Waals surface area contributed by atoms with E-state index in [0.29, 0.717) is 6.42 Å². The number of Topliss-reactive ketones (excluding diaryl/α,β-unsaturated/α-hetero) is 1. The zero-order chi connectivity index (χ0) is 19.2. The number of carbonyl (C=O) groups is 2. The Kier molecular flexibility index (Phi) is 3.91. The van der Waals surface area contributed by atoms with Crippen LogP contribution in [0.5, 0.6) is 0 Å². The first-order valence-corrected chi connectivity index (χ1v) is 8.69. The molecule has 0 fully saturated rings. The van der Waals surface area contributed by atoms with Crippen molar-refractivity contribution in [2.24, 2.45) is 0 Å². The van der Waals surface area contributed by atoms with Crippen molar-refractivity contribution in [1.82, 2.24) is 5.32 Å². The molecule has 3 N–H and O–H groups in total. The van der Waals surface area contributed by atoms with Crippen molar-refractivity contribution >= 4 is 11.8 Å². The van der Waals surface area contributed by atoms with Gasteiger partial charge >= 0.3 is 5.97 Å². The molecule has 1 heterocycles. The molecular weight excluding hydrogens is 346 g/mol. The lowest BCUT2D eigenvalue weighted by atomic mass is 9.85. The van der Waals surface area contributed by atoms with Crippen LogP contribution in [0.3, 0.4) is 0 Å². The number of hydrogen-bond donors (Lipinski definition) is 3. The Morgan fingerprint density at radius 3 is 2.48 bits per heavy atom. The molecule has 2 atom stereocenters. The Morgan fingerprint density at radius 1 is 1.07 bits per heavy atom. The number of nitrogens with one attached hydrogen (secondary N) is 1. The molecule has 0 radical (unpaired) electrons. The van der Waals surface area contributed by atoms with Crippen LogP contribution in [-0.2, 0) is 21.7 Å². The predicted octanol–water partition coefficient (Wildman–Crippen LogP) is 1.42. The van der Waals surface area contributed by atoms with E-state index in [1.54, 1.807) is 18.2 Å². The number of benzene rings is 2. The SMILES string of the molecule is CC1=C(C(=O)OCCc2ccccc2)C2(O)C(=O)c3ccccc3C2(O)N1. The second-order valence-electron chi connectivity index (χ2n) is 6.79. The molecule has 2 aromatic rings. The average molecular weight is 365 g/mol. The van der Waals surface area contributed by atoms with E-state index in [4.69, 9.17) is 4.74 Å². The van der Waals surface area contributed by atoms with E-state index in [2.05, 4.69) is 5.32 Å². The lowest BCUT2D eigenvalue weighted by Crippen LogP contribution is -2.56. The fraction of sp³-hybridized carbons (Fsp3) is 0.238. The summed E-state index contributed by atoms with van der Waals surface area (Å²) in [4.78, 5) is 25.6. The number of ketones is 1. The van der Waals surface area contributed by atoms with Crippen molar-refractivity contribution in [3.8, 4) is 0 Å². The van der Waals surface area contributed by atoms with Crippen LogP contribution in [-0.4, -0.2) is 34.2 Å². The van der Waals surface area contributed by atoms with Gasteiger partial charge in [0.05, 0.1) is 6.61 Å². The van der Waals surface area contributed by atoms with Gasteiger partial charge in [-0.15, -0.1) is 0 Å². The van der Waals surface area contributed by atoms with Crippen molar-refractivity contribution < 1.29 is 24.5 Å². The summed E-state index contributed by atoms with van der Waals surface area (Å²) in [6, 6.07) is 15.9. The highest BCUT2D eigenvalue weighted by atomic mass is 16.5. The molecule has 27 heavy (non-hydrogen) atoms. The van der Waals surface area contributed by atoms with E-state index in [9.17, 15) is 19.8 Å². The van der Waals surface area contributed by atoms with Crippen molar-refractivity contribution in [1.29, 1.82) is 0 Å². The summed E-state index contributed by atoms with van der Waals surface area (Å²) in [5.41, 5.74) is -3.11. The van der Waals surface area contributed by atoms with Gasteiger partial charge in [-0.05, 0) is 12.5 Å². The Labute approximate surface area is 156 Å². The van der Waals surface area contributed by atoms with Gasteiger partial charge in [0.2, 0.25) is 17.1 Å². The first-order valence-electron chi connectivity index (χ1n) is 8.69. The van der Waals surface area contributed by atoms with Crippen LogP contribution in [0, 0.1) is 0 Å². The fourth-order valence-electron chi connectivity index (χ4n) is 3.89. The zero-order valence-electron chi connectivity index (χ0n) is 14.7. The third-order valence-corrected chi connectivity index (χ3v) is 5.19. The molecule has 0 amide bonds. The highest BCUT2D eigenvalue weighted by molar-refractivity contribution is 6.16. The number of carbonyl (C=O) groups excluding carboxylic acids is 2. The van der Waals surface area contributed by atoms with Crippen molar-refractivity contribution in [3.05, 3.63) is 82.6 Å². The molecule has 0 aromatic heterocycles. The maximum atomic E-state index is 12.9. The minimum absolute atomic E-state index is 0.0925. The molecule has 1 aliphatic carbocycles. The second-order valence-corrected chi connectivity index (χ2v) is 6.79. The number of esters is 1. The quantitative estimate of drug-likeness (QED) is 0.710. The summed E-state index contributed by atoms with van der Waals surface area (Å²) in [5.74, 6) is -1.55. The topological polar surface area (TPSA) is 95.9 Å². The summed E-state index contributed by atoms with van der Waals surface area (Å²) >= 11 is 0. The van der Waals surface area contributed by atoms with E-state index in [1.807, 2.05) is 30.3 Å². The monoisotopic (exact) mass is 365 g/mol. The number of allylic oxidation sites excluding steroid dienone is 1. The molecule has 6 nitrogen and oxygen atoms in total. The van der Waals surface area contributed by atoms with E-state index < -0.39 is 23.1 Å². The van der Waals surface area contributed by atoms with Crippen molar-refractivity contribution in [2.75, 3.05) is 6.61 Å². The normalized spacial score (nSPS) is 25.8. The molecule has 0 spiro atoms. The molecule has 6 heteroatoms. The first-order chi connectivity index (χ1) is 12.9. The summed E-state index contributed by atoms with van der Waals surface area (Å²) in [6.45, 7) is 1.62. The van der Waals surface area contributed by atoms with Gasteiger partial charge in [0, 0.05) is 23.2 Å². The summed E-state index contributed by atoms with van der Waals surface area (Å²) in [6.07, 6.45) is 0.503. The van der Waals surface area contributed by atoms with Gasteiger partial charge in [-0.3, -0.25) is 4.79 Å². The average Bonchev–Trinajstić information content (AvgIpc) is 2.97. The molecule has 2 unspecified atom stereocenters. The van der Waals surface area contributed by atoms with Crippen LogP contribution in [0.15, 0.2) is 65.9 Å². The van der Waals surface area contributed by atoms with Crippen molar-refractivity contribution in [3.63, 3.8) is 0 Å². The van der Waals surface area contributed by atoms with Crippen LogP contribution >= 0.6 is 0 Å². The Balaban J connectivity index is 1.59. The molecular formula is C21H19NO5. The first kappa shape index (κ1) is 17.5. The lowest BCUT2D eigenvalue weighted by Gasteiger charge is -2.31. The minimum Gasteiger partial charge on any atom is -0.462 e. The van der Waals surface area contributed by atoms with Gasteiger partial charge in [0.25, 0.3) is 0 Å². The van der Waals surface area contributed by atoms with Crippen LogP contribution in [0.2, 0.25) is 0 Å². The van der Waals surface area contributed by atoms with E-state index in [1.165, 1.54) is 13.0 Å². The predicted molar refractivity (Wildman–Crippen MR) is 96.6 cm³/mol. The number of rotatable bonds is 4. The highest BCUT2D eigenvalue weighted by Gasteiger charge is 2.70. The standard InChI is InChI=1S/C21H19NO5/c1-13-17(19(24)27-12-11-14-7-3-2-4-8-14)20(25)18(23)15-9-5-6-10-16(15)21(20,26)22-13/h2-10,22,25-26H,11-12H2,1H3. The minimum atomic E-state index is -2.41. The fourth-order valence-corrected chi connectivity index (χ4v) is 3.89. The van der Waals surface area contributed by atoms with Crippen LogP contribution in [0.1, 0.15) is 28.4 Å². The zero-order valence-corrected chi connectivity index (χ0v) is 14.7. The molecule has 2 aromatic carbocycles. The number of fused-ring (bicyclic) bond motifs is 3. The summed E-state index contributed by atoms with van der Waals surface area (Å²) in [5, 5.41) is 25.0. The Hall–Kier alpha value is -2.96. The molecule has 138 valence electrons. The van der Waals surface area contributed by atoms with Gasteiger partial charge < -0.3 is 20.3 Å². The molecule has 0 saturated heterocycles. The Morgan fingerprint density at radius 2 is 1.74 bits per heavy atom. The second kappa shape index (κ2) is 6.04. The molecule has 0 saturated carbocycles. The smallest absolute Gasteiger partial charge is 0.339 e. The number of hydrogen-bond acceptors (Lipinski definition) is 6. The van der Waals surface area contributed by atoms with E-state index in [0.717, 1.165) is 5.56 Å².